The summed E-state index contributed by atoms with van der Waals surface area (Å²) in [5.74, 6) is 0.304. The number of azo groups is 1. The van der Waals surface area contributed by atoms with Gasteiger partial charge in [-0.3, -0.25) is 14.4 Å². The Kier molecular flexibility index (Phi) is 5.50. The van der Waals surface area contributed by atoms with Crippen molar-refractivity contribution >= 4 is 17.2 Å². The van der Waals surface area contributed by atoms with Crippen LogP contribution in [0, 0.1) is 6.92 Å². The maximum absolute atomic E-state index is 13.0. The van der Waals surface area contributed by atoms with E-state index in [1.165, 1.54) is 12.8 Å². The summed E-state index contributed by atoms with van der Waals surface area (Å²) < 4.78 is 3.36. The molecule has 1 aromatic carbocycles. The number of hydrogen-bond donors (Lipinski definition) is 1. The number of hydrogen-bond acceptors (Lipinski definition) is 6. The molecule has 2 N–H and O–H groups in total. The molecule has 0 radical (unpaired) electrons. The largest absolute Gasteiger partial charge is 0.382 e. The van der Waals surface area contributed by atoms with Gasteiger partial charge in [0.2, 0.25) is 0 Å². The van der Waals surface area contributed by atoms with E-state index in [-0.39, 0.29) is 5.56 Å². The standard InChI is InChI=1S/C22H27N7O/c1-15-20(22(30)29(28(15)3)17-9-5-4-6-10-17)26-25-18-13-16(14-24-21(18)23)19-11-7-8-12-27(19)2/h4-6,9-10,13-14,19H,7-8,11-12H2,1-3H3,(H2,23,24)/b26-25+. The van der Waals surface area contributed by atoms with E-state index in [0.29, 0.717) is 23.2 Å². The van der Waals surface area contributed by atoms with E-state index in [1.54, 1.807) is 9.36 Å². The summed E-state index contributed by atoms with van der Waals surface area (Å²) in [6.45, 7) is 2.92. The van der Waals surface area contributed by atoms with Gasteiger partial charge in [0.15, 0.2) is 11.5 Å². The summed E-state index contributed by atoms with van der Waals surface area (Å²) >= 11 is 0. The van der Waals surface area contributed by atoms with E-state index >= 15 is 0 Å². The number of rotatable bonds is 4. The van der Waals surface area contributed by atoms with Crippen molar-refractivity contribution in [3.8, 4) is 5.69 Å². The topological polar surface area (TPSA) is 93.8 Å². The first-order chi connectivity index (χ1) is 14.5. The van der Waals surface area contributed by atoms with Crippen molar-refractivity contribution in [3.05, 3.63) is 64.2 Å². The zero-order chi connectivity index (χ0) is 21.3. The molecule has 8 nitrogen and oxygen atoms in total. The van der Waals surface area contributed by atoms with Gasteiger partial charge in [-0.2, -0.15) is 0 Å². The van der Waals surface area contributed by atoms with E-state index in [9.17, 15) is 4.79 Å². The van der Waals surface area contributed by atoms with E-state index in [4.69, 9.17) is 5.73 Å². The van der Waals surface area contributed by atoms with Crippen LogP contribution in [0.15, 0.2) is 57.6 Å². The third kappa shape index (κ3) is 3.66. The van der Waals surface area contributed by atoms with Crippen LogP contribution >= 0.6 is 0 Å². The average Bonchev–Trinajstić information content (AvgIpc) is 2.97. The number of anilines is 1. The highest BCUT2D eigenvalue weighted by atomic mass is 16.1. The fraction of sp³-hybridized carbons (Fsp3) is 0.364. The Labute approximate surface area is 175 Å². The van der Waals surface area contributed by atoms with Crippen LogP contribution in [-0.2, 0) is 7.05 Å². The van der Waals surface area contributed by atoms with Gasteiger partial charge in [0.25, 0.3) is 5.56 Å². The van der Waals surface area contributed by atoms with Gasteiger partial charge in [0.05, 0.1) is 11.4 Å². The molecule has 0 amide bonds. The molecule has 1 aliphatic heterocycles. The first kappa shape index (κ1) is 20.0. The zero-order valence-corrected chi connectivity index (χ0v) is 17.6. The average molecular weight is 406 g/mol. The Balaban J connectivity index is 1.69. The number of piperidine rings is 1. The van der Waals surface area contributed by atoms with Gasteiger partial charge in [0.1, 0.15) is 5.69 Å². The van der Waals surface area contributed by atoms with Crippen LogP contribution in [0.25, 0.3) is 5.69 Å². The molecular formula is C22H27N7O. The monoisotopic (exact) mass is 405 g/mol. The second-order valence-electron chi connectivity index (χ2n) is 7.78. The summed E-state index contributed by atoms with van der Waals surface area (Å²) in [5, 5.41) is 8.60. The van der Waals surface area contributed by atoms with Gasteiger partial charge in [0, 0.05) is 19.3 Å². The Morgan fingerprint density at radius 3 is 2.63 bits per heavy atom. The highest BCUT2D eigenvalue weighted by Crippen LogP contribution is 2.33. The zero-order valence-electron chi connectivity index (χ0n) is 17.6. The highest BCUT2D eigenvalue weighted by Gasteiger charge is 2.22. The molecule has 1 atom stereocenters. The summed E-state index contributed by atoms with van der Waals surface area (Å²) in [6.07, 6.45) is 5.30. The van der Waals surface area contributed by atoms with E-state index < -0.39 is 0 Å². The number of likely N-dealkylation sites (tertiary alicyclic amines) is 1. The van der Waals surface area contributed by atoms with Crippen LogP contribution in [0.2, 0.25) is 0 Å². The van der Waals surface area contributed by atoms with Crippen molar-refractivity contribution in [3.63, 3.8) is 0 Å². The van der Waals surface area contributed by atoms with Gasteiger partial charge < -0.3 is 5.73 Å². The first-order valence-corrected chi connectivity index (χ1v) is 10.2. The van der Waals surface area contributed by atoms with Gasteiger partial charge in [-0.15, -0.1) is 10.2 Å². The van der Waals surface area contributed by atoms with Gasteiger partial charge in [-0.25, -0.2) is 9.67 Å². The normalized spacial score (nSPS) is 17.6. The van der Waals surface area contributed by atoms with Crippen molar-refractivity contribution in [1.82, 2.24) is 19.2 Å². The third-order valence-corrected chi connectivity index (χ3v) is 5.86. The van der Waals surface area contributed by atoms with Crippen LogP contribution < -0.4 is 11.3 Å². The number of pyridine rings is 1. The molecule has 30 heavy (non-hydrogen) atoms. The van der Waals surface area contributed by atoms with Crippen LogP contribution in [-0.4, -0.2) is 32.8 Å². The molecule has 0 spiro atoms. The number of benzene rings is 1. The maximum atomic E-state index is 13.0. The molecule has 1 aliphatic rings. The number of para-hydroxylation sites is 1. The molecule has 1 saturated heterocycles. The second kappa shape index (κ2) is 8.23. The molecule has 0 bridgehead atoms. The Morgan fingerprint density at radius 1 is 1.13 bits per heavy atom. The Morgan fingerprint density at radius 2 is 1.90 bits per heavy atom. The molecule has 4 rings (SSSR count). The summed E-state index contributed by atoms with van der Waals surface area (Å²) in [5.41, 5.74) is 9.19. The summed E-state index contributed by atoms with van der Waals surface area (Å²) in [4.78, 5) is 19.7. The fourth-order valence-electron chi connectivity index (χ4n) is 4.01. The predicted octanol–water partition coefficient (Wildman–Crippen LogP) is 4.03. The predicted molar refractivity (Wildman–Crippen MR) is 118 cm³/mol. The Hall–Kier alpha value is -3.26. The SMILES string of the molecule is Cc1c(/N=N/c2cc(C3CCCCN3C)cnc2N)c(=O)n(-c2ccccc2)n1C. The number of nitrogen functional groups attached to an aromatic ring is 1. The molecule has 1 unspecified atom stereocenters. The van der Waals surface area contributed by atoms with Crippen LogP contribution in [0.3, 0.4) is 0 Å². The number of nitrogens with two attached hydrogens (primary N) is 1. The van der Waals surface area contributed by atoms with Gasteiger partial charge in [-0.1, -0.05) is 24.6 Å². The van der Waals surface area contributed by atoms with Gasteiger partial charge in [-0.05, 0) is 57.1 Å². The number of nitrogens with zero attached hydrogens (tertiary/aromatic N) is 6. The molecule has 8 heteroatoms. The number of aromatic nitrogens is 3. The highest BCUT2D eigenvalue weighted by molar-refractivity contribution is 5.58. The summed E-state index contributed by atoms with van der Waals surface area (Å²) in [7, 11) is 3.96. The lowest BCUT2D eigenvalue weighted by Gasteiger charge is -2.32. The molecule has 2 aromatic heterocycles. The lowest BCUT2D eigenvalue weighted by atomic mass is 9.97. The quantitative estimate of drug-likeness (QED) is 0.663. The molecule has 3 aromatic rings. The minimum atomic E-state index is -0.223. The maximum Gasteiger partial charge on any atom is 0.299 e. The molecule has 1 fully saturated rings. The summed E-state index contributed by atoms with van der Waals surface area (Å²) in [6, 6.07) is 11.7. The van der Waals surface area contributed by atoms with Gasteiger partial charge >= 0.3 is 0 Å². The van der Waals surface area contributed by atoms with E-state index in [1.807, 2.05) is 56.6 Å². The van der Waals surface area contributed by atoms with E-state index in [2.05, 4.69) is 27.2 Å². The van der Waals surface area contributed by atoms with Crippen molar-refractivity contribution < 1.29 is 0 Å². The van der Waals surface area contributed by atoms with Crippen LogP contribution in [0.5, 0.6) is 0 Å². The van der Waals surface area contributed by atoms with Crippen molar-refractivity contribution in [2.45, 2.75) is 32.2 Å². The molecule has 0 aliphatic carbocycles. The van der Waals surface area contributed by atoms with Crippen molar-refractivity contribution in [1.29, 1.82) is 0 Å². The smallest absolute Gasteiger partial charge is 0.299 e. The molecule has 0 saturated carbocycles. The first-order valence-electron chi connectivity index (χ1n) is 10.2. The third-order valence-electron chi connectivity index (χ3n) is 5.86. The van der Waals surface area contributed by atoms with Crippen molar-refractivity contribution in [2.75, 3.05) is 19.3 Å². The second-order valence-corrected chi connectivity index (χ2v) is 7.78. The van der Waals surface area contributed by atoms with Crippen LogP contribution in [0.1, 0.15) is 36.6 Å². The fourth-order valence-corrected chi connectivity index (χ4v) is 4.01. The van der Waals surface area contributed by atoms with Crippen LogP contribution in [0.4, 0.5) is 17.2 Å². The molecule has 3 heterocycles. The lowest BCUT2D eigenvalue weighted by Crippen LogP contribution is -2.29. The molecular weight excluding hydrogens is 378 g/mol. The molecule has 156 valence electrons. The minimum Gasteiger partial charge on any atom is -0.382 e. The Bertz CT molecular complexity index is 1130. The lowest BCUT2D eigenvalue weighted by molar-refractivity contribution is 0.187. The van der Waals surface area contributed by atoms with E-state index in [0.717, 1.165) is 29.9 Å². The minimum absolute atomic E-state index is 0.223. The van der Waals surface area contributed by atoms with Crippen molar-refractivity contribution in [2.24, 2.45) is 17.3 Å².